The van der Waals surface area contributed by atoms with Gasteiger partial charge in [-0.05, 0) is 72.4 Å². The SMILES string of the molecule is COc1cc(OCC2CCCO2)ccc1/C=C/c1cc(/C=C/c2ccc3cc[nH]c3c2)[nH]n1. The van der Waals surface area contributed by atoms with Gasteiger partial charge in [0.15, 0.2) is 0 Å². The van der Waals surface area contributed by atoms with Crippen molar-refractivity contribution in [2.24, 2.45) is 0 Å². The Morgan fingerprint density at radius 2 is 2.03 bits per heavy atom. The van der Waals surface area contributed by atoms with Gasteiger partial charge in [0.05, 0.1) is 24.6 Å². The lowest BCUT2D eigenvalue weighted by molar-refractivity contribution is 0.0679. The van der Waals surface area contributed by atoms with E-state index in [0.29, 0.717) is 6.61 Å². The molecule has 0 spiro atoms. The fourth-order valence-corrected chi connectivity index (χ4v) is 3.94. The van der Waals surface area contributed by atoms with Crippen molar-refractivity contribution >= 4 is 35.2 Å². The number of methoxy groups -OCH3 is 1. The Balaban J connectivity index is 1.23. The number of hydrogen-bond donors (Lipinski definition) is 2. The molecule has 3 heterocycles. The van der Waals surface area contributed by atoms with E-state index in [0.717, 1.165) is 59.0 Å². The van der Waals surface area contributed by atoms with Crippen LogP contribution in [0, 0.1) is 0 Å². The van der Waals surface area contributed by atoms with Crippen molar-refractivity contribution in [2.75, 3.05) is 20.3 Å². The average Bonchev–Trinajstić information content (AvgIpc) is 3.62. The van der Waals surface area contributed by atoms with Crippen LogP contribution in [0.3, 0.4) is 0 Å². The Kier molecular flexibility index (Phi) is 6.26. The molecule has 1 saturated heterocycles. The van der Waals surface area contributed by atoms with E-state index in [1.54, 1.807) is 7.11 Å². The summed E-state index contributed by atoms with van der Waals surface area (Å²) in [5.74, 6) is 1.54. The number of rotatable bonds is 8. The first-order chi connectivity index (χ1) is 16.3. The maximum absolute atomic E-state index is 5.88. The Morgan fingerprint density at radius 1 is 1.06 bits per heavy atom. The molecule has 2 aromatic heterocycles. The molecule has 1 atom stereocenters. The van der Waals surface area contributed by atoms with Crippen molar-refractivity contribution in [1.29, 1.82) is 0 Å². The van der Waals surface area contributed by atoms with Gasteiger partial charge in [-0.3, -0.25) is 5.10 Å². The molecule has 0 bridgehead atoms. The molecule has 0 radical (unpaired) electrons. The molecule has 0 amide bonds. The van der Waals surface area contributed by atoms with Crippen LogP contribution in [0.2, 0.25) is 0 Å². The van der Waals surface area contributed by atoms with Crippen LogP contribution in [0.15, 0.2) is 54.7 Å². The van der Waals surface area contributed by atoms with Crippen LogP contribution in [-0.2, 0) is 4.74 Å². The largest absolute Gasteiger partial charge is 0.496 e. The molecular formula is C27H27N3O3. The standard InChI is InChI=1S/C27H27N3O3/c1-31-27-17-24(33-18-25-3-2-14-32-25)11-8-21(27)7-10-23-16-22(29-30-23)9-5-19-4-6-20-12-13-28-26(20)15-19/h4-13,15-17,25,28H,2-3,14,18H2,1H3,(H,29,30)/b9-5+,10-7+. The predicted octanol–water partition coefficient (Wildman–Crippen LogP) is 5.80. The van der Waals surface area contributed by atoms with Gasteiger partial charge in [-0.1, -0.05) is 18.2 Å². The van der Waals surface area contributed by atoms with Crippen LogP contribution in [0.1, 0.15) is 35.4 Å². The molecule has 1 aliphatic rings. The Hall–Kier alpha value is -3.77. The van der Waals surface area contributed by atoms with Crippen LogP contribution in [-0.4, -0.2) is 41.6 Å². The first-order valence-corrected chi connectivity index (χ1v) is 11.2. The normalized spacial score (nSPS) is 16.3. The van der Waals surface area contributed by atoms with Crippen LogP contribution in [0.4, 0.5) is 0 Å². The van der Waals surface area contributed by atoms with Gasteiger partial charge >= 0.3 is 0 Å². The monoisotopic (exact) mass is 441 g/mol. The van der Waals surface area contributed by atoms with E-state index in [1.807, 2.05) is 48.7 Å². The zero-order valence-electron chi connectivity index (χ0n) is 18.6. The molecule has 4 aromatic rings. The number of H-pyrrole nitrogens is 2. The van der Waals surface area contributed by atoms with E-state index in [9.17, 15) is 0 Å². The molecule has 1 aliphatic heterocycles. The average molecular weight is 442 g/mol. The van der Waals surface area contributed by atoms with Crippen molar-refractivity contribution in [3.8, 4) is 11.5 Å². The lowest BCUT2D eigenvalue weighted by Crippen LogP contribution is -2.16. The van der Waals surface area contributed by atoms with Crippen molar-refractivity contribution in [1.82, 2.24) is 15.2 Å². The molecule has 168 valence electrons. The van der Waals surface area contributed by atoms with Crippen LogP contribution in [0.25, 0.3) is 35.2 Å². The summed E-state index contributed by atoms with van der Waals surface area (Å²) in [5.41, 5.74) is 4.99. The van der Waals surface area contributed by atoms with Gasteiger partial charge in [0.2, 0.25) is 0 Å². The molecule has 2 aromatic carbocycles. The summed E-state index contributed by atoms with van der Waals surface area (Å²) in [6, 6.07) is 16.3. The molecule has 1 fully saturated rings. The van der Waals surface area contributed by atoms with Crippen LogP contribution in [0.5, 0.6) is 11.5 Å². The van der Waals surface area contributed by atoms with E-state index in [1.165, 1.54) is 5.39 Å². The smallest absolute Gasteiger partial charge is 0.129 e. The van der Waals surface area contributed by atoms with E-state index >= 15 is 0 Å². The van der Waals surface area contributed by atoms with Crippen molar-refractivity contribution in [2.45, 2.75) is 18.9 Å². The third-order valence-electron chi connectivity index (χ3n) is 5.75. The number of hydrogen-bond acceptors (Lipinski definition) is 4. The molecule has 6 nitrogen and oxygen atoms in total. The lowest BCUT2D eigenvalue weighted by Gasteiger charge is -2.13. The Labute approximate surface area is 192 Å². The second kappa shape index (κ2) is 9.79. The fourth-order valence-electron chi connectivity index (χ4n) is 3.94. The maximum Gasteiger partial charge on any atom is 0.129 e. The molecular weight excluding hydrogens is 414 g/mol. The summed E-state index contributed by atoms with van der Waals surface area (Å²) in [7, 11) is 1.67. The first kappa shape index (κ1) is 21.1. The number of benzene rings is 2. The van der Waals surface area contributed by atoms with Crippen LogP contribution >= 0.6 is 0 Å². The highest BCUT2D eigenvalue weighted by Gasteiger charge is 2.16. The number of aromatic amines is 2. The minimum Gasteiger partial charge on any atom is -0.496 e. The van der Waals surface area contributed by atoms with Gasteiger partial charge in [0.25, 0.3) is 0 Å². The van der Waals surface area contributed by atoms with E-state index in [2.05, 4.69) is 45.5 Å². The van der Waals surface area contributed by atoms with Gasteiger partial charge in [0.1, 0.15) is 18.1 Å². The highest BCUT2D eigenvalue weighted by molar-refractivity contribution is 5.83. The Bertz CT molecular complexity index is 1280. The fraction of sp³-hybridized carbons (Fsp3) is 0.222. The van der Waals surface area contributed by atoms with Gasteiger partial charge in [0, 0.05) is 30.0 Å². The summed E-state index contributed by atoms with van der Waals surface area (Å²) in [4.78, 5) is 3.24. The summed E-state index contributed by atoms with van der Waals surface area (Å²) >= 11 is 0. The molecule has 5 rings (SSSR count). The highest BCUT2D eigenvalue weighted by Crippen LogP contribution is 2.27. The molecule has 2 N–H and O–H groups in total. The van der Waals surface area contributed by atoms with Gasteiger partial charge in [-0.2, -0.15) is 5.10 Å². The zero-order valence-corrected chi connectivity index (χ0v) is 18.6. The molecule has 0 aliphatic carbocycles. The number of nitrogens with one attached hydrogen (secondary N) is 2. The molecule has 0 saturated carbocycles. The summed E-state index contributed by atoms with van der Waals surface area (Å²) in [5, 5.41) is 8.66. The topological polar surface area (TPSA) is 72.2 Å². The van der Waals surface area contributed by atoms with Crippen molar-refractivity contribution < 1.29 is 14.2 Å². The second-order valence-corrected chi connectivity index (χ2v) is 8.09. The number of nitrogens with zero attached hydrogens (tertiary/aromatic N) is 1. The molecule has 33 heavy (non-hydrogen) atoms. The lowest BCUT2D eigenvalue weighted by atomic mass is 10.1. The first-order valence-electron chi connectivity index (χ1n) is 11.2. The van der Waals surface area contributed by atoms with Crippen molar-refractivity contribution in [3.63, 3.8) is 0 Å². The molecule has 6 heteroatoms. The third-order valence-corrected chi connectivity index (χ3v) is 5.75. The second-order valence-electron chi connectivity index (χ2n) is 8.09. The van der Waals surface area contributed by atoms with Gasteiger partial charge in [-0.15, -0.1) is 0 Å². The minimum atomic E-state index is 0.190. The van der Waals surface area contributed by atoms with E-state index in [4.69, 9.17) is 14.2 Å². The van der Waals surface area contributed by atoms with Gasteiger partial charge in [-0.25, -0.2) is 0 Å². The van der Waals surface area contributed by atoms with E-state index < -0.39 is 0 Å². The van der Waals surface area contributed by atoms with Gasteiger partial charge < -0.3 is 19.2 Å². The minimum absolute atomic E-state index is 0.190. The van der Waals surface area contributed by atoms with Crippen LogP contribution < -0.4 is 9.47 Å². The Morgan fingerprint density at radius 3 is 2.91 bits per heavy atom. The number of fused-ring (bicyclic) bond motifs is 1. The highest BCUT2D eigenvalue weighted by atomic mass is 16.5. The quantitative estimate of drug-likeness (QED) is 0.363. The van der Waals surface area contributed by atoms with E-state index in [-0.39, 0.29) is 6.10 Å². The molecule has 1 unspecified atom stereocenters. The third kappa shape index (κ3) is 5.18. The summed E-state index contributed by atoms with van der Waals surface area (Å²) in [6.07, 6.45) is 12.3. The maximum atomic E-state index is 5.88. The van der Waals surface area contributed by atoms with Crippen molar-refractivity contribution in [3.05, 3.63) is 77.2 Å². The predicted molar refractivity (Wildman–Crippen MR) is 132 cm³/mol. The summed E-state index contributed by atoms with van der Waals surface area (Å²) in [6.45, 7) is 1.40. The summed E-state index contributed by atoms with van der Waals surface area (Å²) < 4.78 is 17.1. The number of ether oxygens (including phenoxy) is 3. The number of aromatic nitrogens is 3. The zero-order chi connectivity index (χ0) is 22.5.